The zero-order valence-electron chi connectivity index (χ0n) is 27.6. The summed E-state index contributed by atoms with van der Waals surface area (Å²) < 4.78 is 6.32. The maximum atomic E-state index is 6.32. The lowest BCUT2D eigenvalue weighted by atomic mass is 9.93. The molecule has 2 heterocycles. The van der Waals surface area contributed by atoms with Crippen molar-refractivity contribution in [3.05, 3.63) is 182 Å². The lowest BCUT2D eigenvalue weighted by Gasteiger charge is -2.14. The van der Waals surface area contributed by atoms with E-state index in [1.54, 1.807) is 0 Å². The van der Waals surface area contributed by atoms with Crippen LogP contribution in [0.25, 0.3) is 99.6 Å². The Balaban J connectivity index is 1.13. The highest BCUT2D eigenvalue weighted by Crippen LogP contribution is 2.40. The molecule has 0 unspecified atom stereocenters. The van der Waals surface area contributed by atoms with Crippen molar-refractivity contribution in [3.8, 4) is 56.2 Å². The smallest absolute Gasteiger partial charge is 0.161 e. The molecule has 0 aliphatic rings. The van der Waals surface area contributed by atoms with Crippen LogP contribution in [0.5, 0.6) is 0 Å². The van der Waals surface area contributed by atoms with Gasteiger partial charge in [0.25, 0.3) is 0 Å². The normalized spacial score (nSPS) is 11.5. The van der Waals surface area contributed by atoms with Crippen LogP contribution in [0.2, 0.25) is 0 Å². The third kappa shape index (κ3) is 5.06. The van der Waals surface area contributed by atoms with Crippen molar-refractivity contribution in [1.82, 2.24) is 9.97 Å². The van der Waals surface area contributed by atoms with E-state index < -0.39 is 0 Å². The molecule has 51 heavy (non-hydrogen) atoms. The fraction of sp³-hybridized carbons (Fsp3) is 0. The zero-order valence-corrected chi connectivity index (χ0v) is 27.6. The number of hydrogen-bond donors (Lipinski definition) is 0. The Hall–Kier alpha value is -6.84. The lowest BCUT2D eigenvalue weighted by Crippen LogP contribution is -1.97. The third-order valence-electron chi connectivity index (χ3n) is 9.92. The van der Waals surface area contributed by atoms with Gasteiger partial charge < -0.3 is 4.42 Å². The standard InChI is InChI=1S/C48H30N2O/c1-3-11-31(12-4-1)32-19-21-35(22-20-32)44-30-43(34-14-5-2-6-15-34)49-48(50-44)41-26-25-37(39-17-9-10-18-40(39)41)36-24-27-45-42(29-36)47-38-16-8-7-13-33(38)23-28-46(47)51-45/h1-30H. The van der Waals surface area contributed by atoms with Crippen LogP contribution in [0.1, 0.15) is 0 Å². The summed E-state index contributed by atoms with van der Waals surface area (Å²) in [6.45, 7) is 0. The van der Waals surface area contributed by atoms with Gasteiger partial charge in [-0.25, -0.2) is 9.97 Å². The molecule has 0 aliphatic carbocycles. The van der Waals surface area contributed by atoms with Gasteiger partial charge in [-0.2, -0.15) is 0 Å². The van der Waals surface area contributed by atoms with Crippen LogP contribution in [0.15, 0.2) is 186 Å². The Morgan fingerprint density at radius 2 is 0.863 bits per heavy atom. The Bertz CT molecular complexity index is 2890. The number of hydrogen-bond acceptors (Lipinski definition) is 3. The molecule has 0 saturated carbocycles. The molecule has 0 aliphatic heterocycles. The summed E-state index contributed by atoms with van der Waals surface area (Å²) in [6.07, 6.45) is 0. The molecule has 0 radical (unpaired) electrons. The second-order valence-electron chi connectivity index (χ2n) is 13.0. The van der Waals surface area contributed by atoms with Gasteiger partial charge in [0.15, 0.2) is 5.82 Å². The van der Waals surface area contributed by atoms with Crippen LogP contribution < -0.4 is 0 Å². The van der Waals surface area contributed by atoms with Crippen molar-refractivity contribution in [2.45, 2.75) is 0 Å². The highest BCUT2D eigenvalue weighted by atomic mass is 16.3. The van der Waals surface area contributed by atoms with Gasteiger partial charge in [0.05, 0.1) is 11.4 Å². The second kappa shape index (κ2) is 11.9. The minimum absolute atomic E-state index is 0.698. The Morgan fingerprint density at radius 1 is 0.333 bits per heavy atom. The Morgan fingerprint density at radius 3 is 1.61 bits per heavy atom. The summed E-state index contributed by atoms with van der Waals surface area (Å²) in [7, 11) is 0. The van der Waals surface area contributed by atoms with Crippen molar-refractivity contribution in [2.24, 2.45) is 0 Å². The minimum Gasteiger partial charge on any atom is -0.456 e. The first kappa shape index (κ1) is 29.1. The second-order valence-corrected chi connectivity index (χ2v) is 13.0. The summed E-state index contributed by atoms with van der Waals surface area (Å²) in [5, 5.41) is 6.93. The number of nitrogens with zero attached hydrogens (tertiary/aromatic N) is 2. The van der Waals surface area contributed by atoms with Crippen LogP contribution in [-0.2, 0) is 0 Å². The van der Waals surface area contributed by atoms with Gasteiger partial charge in [0, 0.05) is 27.5 Å². The van der Waals surface area contributed by atoms with E-state index in [-0.39, 0.29) is 0 Å². The number of aromatic nitrogens is 2. The van der Waals surface area contributed by atoms with E-state index in [1.807, 2.05) is 12.1 Å². The molecule has 8 aromatic carbocycles. The largest absolute Gasteiger partial charge is 0.456 e. The third-order valence-corrected chi connectivity index (χ3v) is 9.92. The summed E-state index contributed by atoms with van der Waals surface area (Å²) in [6, 6.07) is 63.8. The predicted molar refractivity (Wildman–Crippen MR) is 212 cm³/mol. The van der Waals surface area contributed by atoms with Gasteiger partial charge in [0.2, 0.25) is 0 Å². The molecule has 0 atom stereocenters. The molecule has 238 valence electrons. The quantitative estimate of drug-likeness (QED) is 0.186. The number of furan rings is 1. The molecule has 0 amide bonds. The summed E-state index contributed by atoms with van der Waals surface area (Å²) in [5.41, 5.74) is 11.3. The fourth-order valence-corrected chi connectivity index (χ4v) is 7.40. The number of fused-ring (bicyclic) bond motifs is 6. The molecule has 3 heteroatoms. The van der Waals surface area contributed by atoms with Crippen LogP contribution in [0.3, 0.4) is 0 Å². The van der Waals surface area contributed by atoms with E-state index in [0.717, 1.165) is 71.9 Å². The van der Waals surface area contributed by atoms with Crippen molar-refractivity contribution >= 4 is 43.5 Å². The van der Waals surface area contributed by atoms with Crippen molar-refractivity contribution in [1.29, 1.82) is 0 Å². The molecule has 10 aromatic rings. The predicted octanol–water partition coefficient (Wildman–Crippen LogP) is 13.0. The van der Waals surface area contributed by atoms with E-state index >= 15 is 0 Å². The minimum atomic E-state index is 0.698. The van der Waals surface area contributed by atoms with Crippen molar-refractivity contribution in [2.75, 3.05) is 0 Å². The molecular formula is C48H30N2O. The lowest BCUT2D eigenvalue weighted by molar-refractivity contribution is 0.669. The summed E-state index contributed by atoms with van der Waals surface area (Å²) in [4.78, 5) is 10.4. The first-order valence-electron chi connectivity index (χ1n) is 17.2. The molecule has 2 aromatic heterocycles. The van der Waals surface area contributed by atoms with Gasteiger partial charge in [0.1, 0.15) is 11.2 Å². The van der Waals surface area contributed by atoms with Crippen LogP contribution >= 0.6 is 0 Å². The monoisotopic (exact) mass is 650 g/mol. The van der Waals surface area contributed by atoms with Crippen molar-refractivity contribution in [3.63, 3.8) is 0 Å². The molecule has 0 spiro atoms. The summed E-state index contributed by atoms with van der Waals surface area (Å²) in [5.74, 6) is 0.698. The maximum absolute atomic E-state index is 6.32. The molecule has 0 saturated heterocycles. The average Bonchev–Trinajstić information content (AvgIpc) is 3.59. The van der Waals surface area contributed by atoms with Gasteiger partial charge in [-0.15, -0.1) is 0 Å². The Kier molecular flexibility index (Phi) is 6.81. The average molecular weight is 651 g/mol. The fourth-order valence-electron chi connectivity index (χ4n) is 7.40. The van der Waals surface area contributed by atoms with Gasteiger partial charge in [-0.05, 0) is 74.1 Å². The first-order chi connectivity index (χ1) is 25.3. The molecule has 0 fully saturated rings. The Labute approximate surface area is 295 Å². The maximum Gasteiger partial charge on any atom is 0.161 e. The van der Waals surface area contributed by atoms with Crippen molar-refractivity contribution < 1.29 is 4.42 Å². The molecular weight excluding hydrogens is 621 g/mol. The first-order valence-corrected chi connectivity index (χ1v) is 17.2. The SMILES string of the molecule is c1ccc(-c2ccc(-c3cc(-c4ccccc4)nc(-c4ccc(-c5ccc6oc7ccc8ccccc8c7c6c5)c5ccccc45)n3)cc2)cc1. The van der Waals surface area contributed by atoms with Crippen LogP contribution in [0, 0.1) is 0 Å². The highest BCUT2D eigenvalue weighted by Gasteiger charge is 2.17. The van der Waals surface area contributed by atoms with Crippen LogP contribution in [-0.4, -0.2) is 9.97 Å². The molecule has 3 nitrogen and oxygen atoms in total. The number of benzene rings is 8. The number of rotatable bonds is 5. The van der Waals surface area contributed by atoms with Crippen LogP contribution in [0.4, 0.5) is 0 Å². The summed E-state index contributed by atoms with van der Waals surface area (Å²) >= 11 is 0. The van der Waals surface area contributed by atoms with Gasteiger partial charge in [-0.1, -0.05) is 152 Å². The van der Waals surface area contributed by atoms with Gasteiger partial charge >= 0.3 is 0 Å². The zero-order chi connectivity index (χ0) is 33.7. The highest BCUT2D eigenvalue weighted by molar-refractivity contribution is 6.19. The molecule has 10 rings (SSSR count). The molecule has 0 bridgehead atoms. The molecule has 0 N–H and O–H groups in total. The van der Waals surface area contributed by atoms with E-state index in [9.17, 15) is 0 Å². The van der Waals surface area contributed by atoms with E-state index in [2.05, 4.69) is 170 Å². The topological polar surface area (TPSA) is 38.9 Å². The van der Waals surface area contributed by atoms with E-state index in [1.165, 1.54) is 21.9 Å². The van der Waals surface area contributed by atoms with E-state index in [0.29, 0.717) is 5.82 Å². The van der Waals surface area contributed by atoms with Gasteiger partial charge in [-0.3, -0.25) is 0 Å². The van der Waals surface area contributed by atoms with E-state index in [4.69, 9.17) is 14.4 Å².